The molecule has 0 spiro atoms. The van der Waals surface area contributed by atoms with Crippen molar-refractivity contribution in [2.24, 2.45) is 0 Å². The molecule has 25 heavy (non-hydrogen) atoms. The number of ether oxygens (including phenoxy) is 1. The quantitative estimate of drug-likeness (QED) is 0.603. The van der Waals surface area contributed by atoms with Crippen LogP contribution < -0.4 is 5.56 Å². The van der Waals surface area contributed by atoms with Crippen molar-refractivity contribution in [2.45, 2.75) is 37.4 Å². The first-order valence-electron chi connectivity index (χ1n) is 8.12. The van der Waals surface area contributed by atoms with Gasteiger partial charge in [0.15, 0.2) is 6.23 Å². The molecule has 0 radical (unpaired) electrons. The SMILES string of the molecule is O=c1c(CCc2ccccc2)c(O)ccn1C1OC(CO)C(O)C1O. The molecule has 7 nitrogen and oxygen atoms in total. The van der Waals surface area contributed by atoms with Gasteiger partial charge in [-0.3, -0.25) is 9.36 Å². The van der Waals surface area contributed by atoms with Gasteiger partial charge in [0.1, 0.15) is 24.1 Å². The molecule has 1 aliphatic rings. The van der Waals surface area contributed by atoms with E-state index in [2.05, 4.69) is 0 Å². The largest absolute Gasteiger partial charge is 0.507 e. The first-order chi connectivity index (χ1) is 12.0. The highest BCUT2D eigenvalue weighted by atomic mass is 16.6. The summed E-state index contributed by atoms with van der Waals surface area (Å²) < 4.78 is 6.53. The molecule has 0 amide bonds. The highest BCUT2D eigenvalue weighted by molar-refractivity contribution is 5.31. The van der Waals surface area contributed by atoms with Crippen LogP contribution in [0, 0.1) is 0 Å². The summed E-state index contributed by atoms with van der Waals surface area (Å²) in [5.41, 5.74) is 0.750. The van der Waals surface area contributed by atoms with Crippen LogP contribution in [0.2, 0.25) is 0 Å². The van der Waals surface area contributed by atoms with E-state index in [4.69, 9.17) is 4.74 Å². The fourth-order valence-electron chi connectivity index (χ4n) is 3.04. The van der Waals surface area contributed by atoms with Gasteiger partial charge in [0.05, 0.1) is 12.2 Å². The fourth-order valence-corrected chi connectivity index (χ4v) is 3.04. The monoisotopic (exact) mass is 347 g/mol. The number of aliphatic hydroxyl groups is 3. The molecule has 2 aromatic rings. The Hall–Kier alpha value is -2.19. The number of benzene rings is 1. The summed E-state index contributed by atoms with van der Waals surface area (Å²) in [5, 5.41) is 39.2. The van der Waals surface area contributed by atoms with Crippen molar-refractivity contribution >= 4 is 0 Å². The van der Waals surface area contributed by atoms with Gasteiger partial charge in [-0.1, -0.05) is 30.3 Å². The van der Waals surface area contributed by atoms with Crippen molar-refractivity contribution in [2.75, 3.05) is 6.61 Å². The molecule has 1 aromatic carbocycles. The van der Waals surface area contributed by atoms with Crippen LogP contribution in [0.25, 0.3) is 0 Å². The van der Waals surface area contributed by atoms with Crippen LogP contribution in [0.5, 0.6) is 5.75 Å². The zero-order valence-electron chi connectivity index (χ0n) is 13.5. The van der Waals surface area contributed by atoms with Gasteiger partial charge in [-0.2, -0.15) is 0 Å². The number of hydrogen-bond acceptors (Lipinski definition) is 6. The lowest BCUT2D eigenvalue weighted by Gasteiger charge is -2.19. The van der Waals surface area contributed by atoms with Crippen LogP contribution in [0.15, 0.2) is 47.4 Å². The summed E-state index contributed by atoms with van der Waals surface area (Å²) >= 11 is 0. The molecule has 0 aliphatic carbocycles. The van der Waals surface area contributed by atoms with E-state index in [9.17, 15) is 25.2 Å². The van der Waals surface area contributed by atoms with Gasteiger partial charge in [-0.05, 0) is 24.5 Å². The van der Waals surface area contributed by atoms with Gasteiger partial charge < -0.3 is 25.2 Å². The minimum atomic E-state index is -1.35. The van der Waals surface area contributed by atoms with E-state index in [1.165, 1.54) is 12.3 Å². The maximum atomic E-state index is 12.7. The number of pyridine rings is 1. The third-order valence-electron chi connectivity index (χ3n) is 4.49. The van der Waals surface area contributed by atoms with Gasteiger partial charge >= 0.3 is 0 Å². The van der Waals surface area contributed by atoms with Gasteiger partial charge in [0.2, 0.25) is 0 Å². The van der Waals surface area contributed by atoms with Gasteiger partial charge in [0.25, 0.3) is 5.56 Å². The molecule has 7 heteroatoms. The Kier molecular flexibility index (Phi) is 5.19. The lowest BCUT2D eigenvalue weighted by Crippen LogP contribution is -2.36. The Balaban J connectivity index is 1.86. The van der Waals surface area contributed by atoms with Crippen molar-refractivity contribution in [1.29, 1.82) is 0 Å². The summed E-state index contributed by atoms with van der Waals surface area (Å²) in [6.45, 7) is -0.470. The average molecular weight is 347 g/mol. The number of rotatable bonds is 5. The standard InChI is InChI=1S/C18H21NO6/c20-10-14-15(22)16(23)18(25-14)19-9-8-13(21)12(17(19)24)7-6-11-4-2-1-3-5-11/h1-5,8-9,14-16,18,20-23H,6-7,10H2. The Morgan fingerprint density at radius 2 is 1.76 bits per heavy atom. The second kappa shape index (κ2) is 7.37. The zero-order chi connectivity index (χ0) is 18.0. The highest BCUT2D eigenvalue weighted by Gasteiger charge is 2.43. The molecule has 4 unspecified atom stereocenters. The van der Waals surface area contributed by atoms with E-state index >= 15 is 0 Å². The molecule has 0 saturated carbocycles. The first kappa shape index (κ1) is 17.6. The third kappa shape index (κ3) is 3.45. The number of aryl methyl sites for hydroxylation is 1. The van der Waals surface area contributed by atoms with E-state index < -0.39 is 36.7 Å². The maximum absolute atomic E-state index is 12.7. The van der Waals surface area contributed by atoms with Gasteiger partial charge in [-0.25, -0.2) is 0 Å². The number of aliphatic hydroxyl groups excluding tert-OH is 3. The molecule has 4 N–H and O–H groups in total. The maximum Gasteiger partial charge on any atom is 0.259 e. The third-order valence-corrected chi connectivity index (χ3v) is 4.49. The Bertz CT molecular complexity index is 775. The van der Waals surface area contributed by atoms with E-state index in [0.29, 0.717) is 12.8 Å². The van der Waals surface area contributed by atoms with Crippen molar-refractivity contribution in [3.05, 3.63) is 64.1 Å². The average Bonchev–Trinajstić information content (AvgIpc) is 2.91. The minimum absolute atomic E-state index is 0.121. The summed E-state index contributed by atoms with van der Waals surface area (Å²) in [4.78, 5) is 12.7. The molecular formula is C18H21NO6. The second-order valence-corrected chi connectivity index (χ2v) is 6.11. The van der Waals surface area contributed by atoms with Crippen LogP contribution in [0.3, 0.4) is 0 Å². The van der Waals surface area contributed by atoms with Crippen molar-refractivity contribution in [1.82, 2.24) is 4.57 Å². The van der Waals surface area contributed by atoms with E-state index in [1.807, 2.05) is 30.3 Å². The fraction of sp³-hybridized carbons (Fsp3) is 0.389. The summed E-state index contributed by atoms with van der Waals surface area (Å²) in [5.74, 6) is -0.121. The zero-order valence-corrected chi connectivity index (χ0v) is 13.5. The molecular weight excluding hydrogens is 326 g/mol. The van der Waals surface area contributed by atoms with Crippen LogP contribution in [-0.4, -0.2) is 49.9 Å². The lowest BCUT2D eigenvalue weighted by atomic mass is 10.0. The number of aromatic hydroxyl groups is 1. The van der Waals surface area contributed by atoms with Gasteiger partial charge in [-0.15, -0.1) is 0 Å². The normalized spacial score (nSPS) is 26.0. The van der Waals surface area contributed by atoms with E-state index in [1.54, 1.807) is 0 Å². The molecule has 1 fully saturated rings. The summed E-state index contributed by atoms with van der Waals surface area (Å²) in [6.07, 6.45) is -2.51. The Morgan fingerprint density at radius 3 is 2.40 bits per heavy atom. The first-order valence-corrected chi connectivity index (χ1v) is 8.12. The van der Waals surface area contributed by atoms with E-state index in [0.717, 1.165) is 10.1 Å². The predicted octanol–water partition coefficient (Wildman–Crippen LogP) is -0.0494. The Labute approximate surface area is 144 Å². The second-order valence-electron chi connectivity index (χ2n) is 6.11. The molecule has 134 valence electrons. The number of aromatic nitrogens is 1. The molecule has 1 aromatic heterocycles. The minimum Gasteiger partial charge on any atom is -0.507 e. The molecule has 1 aliphatic heterocycles. The van der Waals surface area contributed by atoms with Crippen LogP contribution >= 0.6 is 0 Å². The number of hydrogen-bond donors (Lipinski definition) is 4. The lowest BCUT2D eigenvalue weighted by molar-refractivity contribution is -0.0545. The van der Waals surface area contributed by atoms with E-state index in [-0.39, 0.29) is 11.3 Å². The molecule has 2 heterocycles. The predicted molar refractivity (Wildman–Crippen MR) is 89.2 cm³/mol. The Morgan fingerprint density at radius 1 is 1.04 bits per heavy atom. The van der Waals surface area contributed by atoms with Crippen LogP contribution in [-0.2, 0) is 17.6 Å². The summed E-state index contributed by atoms with van der Waals surface area (Å²) in [7, 11) is 0. The van der Waals surface area contributed by atoms with Crippen LogP contribution in [0.4, 0.5) is 0 Å². The highest BCUT2D eigenvalue weighted by Crippen LogP contribution is 2.29. The van der Waals surface area contributed by atoms with Crippen molar-refractivity contribution in [3.63, 3.8) is 0 Å². The number of nitrogens with zero attached hydrogens (tertiary/aromatic N) is 1. The van der Waals surface area contributed by atoms with Crippen LogP contribution in [0.1, 0.15) is 17.4 Å². The topological polar surface area (TPSA) is 112 Å². The molecule has 0 bridgehead atoms. The van der Waals surface area contributed by atoms with Crippen molar-refractivity contribution in [3.8, 4) is 5.75 Å². The molecule has 1 saturated heterocycles. The smallest absolute Gasteiger partial charge is 0.259 e. The molecule has 3 rings (SSSR count). The molecule has 4 atom stereocenters. The van der Waals surface area contributed by atoms with Gasteiger partial charge in [0, 0.05) is 6.20 Å². The van der Waals surface area contributed by atoms with Crippen molar-refractivity contribution < 1.29 is 25.2 Å². The summed E-state index contributed by atoms with van der Waals surface area (Å²) in [6, 6.07) is 10.9.